The third-order valence-electron chi connectivity index (χ3n) is 4.67. The second kappa shape index (κ2) is 9.08. The lowest BCUT2D eigenvalue weighted by atomic mass is 10.0. The van der Waals surface area contributed by atoms with Crippen molar-refractivity contribution < 1.29 is 4.74 Å². The molecule has 1 atom stereocenters. The highest BCUT2D eigenvalue weighted by atomic mass is 16.5. The molecule has 0 unspecified atom stereocenters. The molecule has 136 valence electrons. The molecule has 1 aliphatic rings. The minimum atomic E-state index is 0.553. The molecule has 6 nitrogen and oxygen atoms in total. The molecule has 0 saturated carbocycles. The maximum Gasteiger partial charge on any atom is 0.0710 e. The second-order valence-corrected chi connectivity index (χ2v) is 7.07. The third-order valence-corrected chi connectivity index (χ3v) is 4.67. The number of H-pyrrole nitrogens is 1. The summed E-state index contributed by atoms with van der Waals surface area (Å²) in [5.41, 5.74) is 3.30. The molecule has 2 aromatic heterocycles. The highest BCUT2D eigenvalue weighted by Crippen LogP contribution is 2.20. The van der Waals surface area contributed by atoms with E-state index in [-0.39, 0.29) is 0 Å². The lowest BCUT2D eigenvalue weighted by molar-refractivity contribution is 0.0123. The fourth-order valence-electron chi connectivity index (χ4n) is 3.43. The van der Waals surface area contributed by atoms with Gasteiger partial charge in [-0.05, 0) is 24.5 Å². The largest absolute Gasteiger partial charge is 0.379 e. The summed E-state index contributed by atoms with van der Waals surface area (Å²) in [6.45, 7) is 10.1. The first kappa shape index (κ1) is 18.0. The Morgan fingerprint density at radius 2 is 2.12 bits per heavy atom. The summed E-state index contributed by atoms with van der Waals surface area (Å²) in [7, 11) is 0. The number of hydrogen-bond donors (Lipinski definition) is 2. The lowest BCUT2D eigenvalue weighted by Crippen LogP contribution is -2.48. The van der Waals surface area contributed by atoms with E-state index in [1.165, 1.54) is 12.0 Å². The molecular weight excluding hydrogens is 314 g/mol. The van der Waals surface area contributed by atoms with E-state index in [1.54, 1.807) is 6.20 Å². The lowest BCUT2D eigenvalue weighted by Gasteiger charge is -2.35. The molecule has 0 aromatic carbocycles. The first-order valence-electron chi connectivity index (χ1n) is 9.19. The molecule has 1 fully saturated rings. The van der Waals surface area contributed by atoms with Gasteiger partial charge < -0.3 is 10.1 Å². The van der Waals surface area contributed by atoms with E-state index < -0.39 is 0 Å². The predicted molar refractivity (Wildman–Crippen MR) is 99.2 cm³/mol. The van der Waals surface area contributed by atoms with Crippen LogP contribution >= 0.6 is 0 Å². The van der Waals surface area contributed by atoms with E-state index in [2.05, 4.69) is 45.3 Å². The number of aromatic nitrogens is 3. The Morgan fingerprint density at radius 3 is 2.84 bits per heavy atom. The molecule has 6 heteroatoms. The Hall–Kier alpha value is -1.76. The summed E-state index contributed by atoms with van der Waals surface area (Å²) >= 11 is 0. The standard InChI is InChI=1S/C19H29N5O/c1-15(2)10-18(24-6-8-25-9-7-24)14-21-12-17-13-22-23-19(17)16-4-3-5-20-11-16/h3-5,11,13,15,18,21H,6-10,12,14H2,1-2H3,(H,22,23)/t18-/m0/s1. The Kier molecular flexibility index (Phi) is 6.55. The van der Waals surface area contributed by atoms with Crippen molar-refractivity contribution in [2.75, 3.05) is 32.8 Å². The summed E-state index contributed by atoms with van der Waals surface area (Å²) in [5, 5.41) is 11.0. The number of pyridine rings is 1. The van der Waals surface area contributed by atoms with E-state index in [1.807, 2.05) is 18.5 Å². The van der Waals surface area contributed by atoms with Crippen molar-refractivity contribution in [3.63, 3.8) is 0 Å². The van der Waals surface area contributed by atoms with Gasteiger partial charge >= 0.3 is 0 Å². The molecule has 0 spiro atoms. The zero-order valence-corrected chi connectivity index (χ0v) is 15.2. The maximum absolute atomic E-state index is 5.50. The molecule has 3 heterocycles. The Morgan fingerprint density at radius 1 is 1.28 bits per heavy atom. The first-order valence-corrected chi connectivity index (χ1v) is 9.19. The van der Waals surface area contributed by atoms with Crippen molar-refractivity contribution in [2.24, 2.45) is 5.92 Å². The van der Waals surface area contributed by atoms with Crippen LogP contribution in [0.4, 0.5) is 0 Å². The van der Waals surface area contributed by atoms with Crippen LogP contribution in [0, 0.1) is 5.92 Å². The number of hydrogen-bond acceptors (Lipinski definition) is 5. The van der Waals surface area contributed by atoms with E-state index in [9.17, 15) is 0 Å². The number of morpholine rings is 1. The molecular formula is C19H29N5O. The average molecular weight is 343 g/mol. The summed E-state index contributed by atoms with van der Waals surface area (Å²) < 4.78 is 5.50. The van der Waals surface area contributed by atoms with Crippen LogP contribution in [0.2, 0.25) is 0 Å². The molecule has 2 aromatic rings. The molecule has 0 radical (unpaired) electrons. The van der Waals surface area contributed by atoms with Crippen LogP contribution in [0.5, 0.6) is 0 Å². The van der Waals surface area contributed by atoms with Gasteiger partial charge in [0.25, 0.3) is 0 Å². The van der Waals surface area contributed by atoms with Gasteiger partial charge in [-0.15, -0.1) is 0 Å². The van der Waals surface area contributed by atoms with Gasteiger partial charge in [-0.1, -0.05) is 13.8 Å². The van der Waals surface area contributed by atoms with Crippen LogP contribution in [-0.2, 0) is 11.3 Å². The maximum atomic E-state index is 5.50. The van der Waals surface area contributed by atoms with Crippen molar-refractivity contribution >= 4 is 0 Å². The Labute approximate surface area is 150 Å². The van der Waals surface area contributed by atoms with Crippen LogP contribution in [0.3, 0.4) is 0 Å². The summed E-state index contributed by atoms with van der Waals surface area (Å²) in [5.74, 6) is 0.689. The zero-order chi connectivity index (χ0) is 17.5. The minimum absolute atomic E-state index is 0.553. The fourth-order valence-corrected chi connectivity index (χ4v) is 3.43. The number of aromatic amines is 1. The van der Waals surface area contributed by atoms with Crippen molar-refractivity contribution in [3.8, 4) is 11.3 Å². The molecule has 0 amide bonds. The zero-order valence-electron chi connectivity index (χ0n) is 15.2. The smallest absolute Gasteiger partial charge is 0.0710 e. The topological polar surface area (TPSA) is 66.1 Å². The van der Waals surface area contributed by atoms with Crippen LogP contribution in [0.1, 0.15) is 25.8 Å². The Balaban J connectivity index is 1.58. The van der Waals surface area contributed by atoms with Crippen LogP contribution < -0.4 is 5.32 Å². The summed E-state index contributed by atoms with van der Waals surface area (Å²) in [6, 6.07) is 4.56. The number of ether oxygens (including phenoxy) is 1. The van der Waals surface area contributed by atoms with Gasteiger partial charge in [0.05, 0.1) is 25.1 Å². The van der Waals surface area contributed by atoms with Gasteiger partial charge in [0.2, 0.25) is 0 Å². The van der Waals surface area contributed by atoms with Crippen molar-refractivity contribution in [1.82, 2.24) is 25.4 Å². The molecule has 0 aliphatic carbocycles. The molecule has 25 heavy (non-hydrogen) atoms. The van der Waals surface area contributed by atoms with E-state index in [0.717, 1.165) is 50.7 Å². The van der Waals surface area contributed by atoms with E-state index >= 15 is 0 Å². The third kappa shape index (κ3) is 5.11. The van der Waals surface area contributed by atoms with Gasteiger partial charge in [-0.2, -0.15) is 5.10 Å². The van der Waals surface area contributed by atoms with E-state index in [0.29, 0.717) is 12.0 Å². The molecule has 0 bridgehead atoms. The fraction of sp³-hybridized carbons (Fsp3) is 0.579. The van der Waals surface area contributed by atoms with Crippen molar-refractivity contribution in [1.29, 1.82) is 0 Å². The number of rotatable bonds is 8. The normalized spacial score (nSPS) is 17.1. The predicted octanol–water partition coefficient (Wildman–Crippen LogP) is 2.31. The first-order chi connectivity index (χ1) is 12.2. The van der Waals surface area contributed by atoms with E-state index in [4.69, 9.17) is 4.74 Å². The highest BCUT2D eigenvalue weighted by molar-refractivity contribution is 5.61. The summed E-state index contributed by atoms with van der Waals surface area (Å²) in [4.78, 5) is 6.76. The van der Waals surface area contributed by atoms with Gasteiger partial charge in [0, 0.05) is 55.7 Å². The number of nitrogens with zero attached hydrogens (tertiary/aromatic N) is 3. The second-order valence-electron chi connectivity index (χ2n) is 7.07. The molecule has 1 aliphatic heterocycles. The quantitative estimate of drug-likeness (QED) is 0.770. The van der Waals surface area contributed by atoms with Crippen LogP contribution in [0.25, 0.3) is 11.3 Å². The Bertz CT molecular complexity index is 622. The summed E-state index contributed by atoms with van der Waals surface area (Å²) in [6.07, 6.45) is 6.76. The van der Waals surface area contributed by atoms with Crippen LogP contribution in [0.15, 0.2) is 30.7 Å². The van der Waals surface area contributed by atoms with Gasteiger partial charge in [-0.3, -0.25) is 15.0 Å². The SMILES string of the molecule is CC(C)C[C@@H](CNCc1cn[nH]c1-c1cccnc1)N1CCOCC1. The molecule has 1 saturated heterocycles. The molecule has 3 rings (SSSR count). The van der Waals surface area contributed by atoms with Gasteiger partial charge in [0.1, 0.15) is 0 Å². The monoisotopic (exact) mass is 343 g/mol. The van der Waals surface area contributed by atoms with Crippen LogP contribution in [-0.4, -0.2) is 59.0 Å². The highest BCUT2D eigenvalue weighted by Gasteiger charge is 2.21. The van der Waals surface area contributed by atoms with Gasteiger partial charge in [-0.25, -0.2) is 0 Å². The van der Waals surface area contributed by atoms with Crippen molar-refractivity contribution in [3.05, 3.63) is 36.3 Å². The molecule has 2 N–H and O–H groups in total. The van der Waals surface area contributed by atoms with Crippen molar-refractivity contribution in [2.45, 2.75) is 32.9 Å². The minimum Gasteiger partial charge on any atom is -0.379 e. The van der Waals surface area contributed by atoms with Gasteiger partial charge in [0.15, 0.2) is 0 Å². The average Bonchev–Trinajstić information content (AvgIpc) is 3.10. The number of nitrogens with one attached hydrogen (secondary N) is 2.